The van der Waals surface area contributed by atoms with Crippen LogP contribution in [0.2, 0.25) is 0 Å². The van der Waals surface area contributed by atoms with Gasteiger partial charge >= 0.3 is 0 Å². The number of thioether (sulfide) groups is 1. The van der Waals surface area contributed by atoms with E-state index in [0.29, 0.717) is 6.04 Å². The van der Waals surface area contributed by atoms with E-state index in [1.54, 1.807) is 0 Å². The summed E-state index contributed by atoms with van der Waals surface area (Å²) in [7, 11) is 0. The molecular weight excluding hydrogens is 222 g/mol. The highest BCUT2D eigenvalue weighted by atomic mass is 32.2. The zero-order chi connectivity index (χ0) is 10.5. The highest BCUT2D eigenvalue weighted by Crippen LogP contribution is 2.25. The maximum atomic E-state index is 3.71. The molecule has 2 unspecified atom stereocenters. The second-order valence-corrected chi connectivity index (χ2v) is 6.24. The lowest BCUT2D eigenvalue weighted by Crippen LogP contribution is -2.26. The molecule has 0 saturated carbocycles. The summed E-state index contributed by atoms with van der Waals surface area (Å²) in [5.74, 6) is 3.62. The van der Waals surface area contributed by atoms with Crippen molar-refractivity contribution in [2.45, 2.75) is 25.8 Å². The summed E-state index contributed by atoms with van der Waals surface area (Å²) in [6, 6.07) is 4.97. The standard InChI is InChI=1S/C12H19NS2/c1-2-11(12-4-3-6-15-12)13-8-10-5-7-14-9-10/h3-4,6,10-11,13H,2,5,7-9H2,1H3. The minimum atomic E-state index is 0.579. The van der Waals surface area contributed by atoms with E-state index >= 15 is 0 Å². The zero-order valence-corrected chi connectivity index (χ0v) is 10.9. The molecule has 2 heterocycles. The van der Waals surface area contributed by atoms with Gasteiger partial charge in [0.05, 0.1) is 0 Å². The molecule has 0 radical (unpaired) electrons. The molecule has 1 N–H and O–H groups in total. The van der Waals surface area contributed by atoms with Crippen molar-refractivity contribution in [1.29, 1.82) is 0 Å². The first-order valence-electron chi connectivity index (χ1n) is 5.74. The van der Waals surface area contributed by atoms with Gasteiger partial charge in [0.15, 0.2) is 0 Å². The van der Waals surface area contributed by atoms with Crippen LogP contribution in [0.25, 0.3) is 0 Å². The van der Waals surface area contributed by atoms with Gasteiger partial charge in [-0.15, -0.1) is 11.3 Å². The molecule has 0 bridgehead atoms. The maximum Gasteiger partial charge on any atom is 0.0412 e. The summed E-state index contributed by atoms with van der Waals surface area (Å²) < 4.78 is 0. The van der Waals surface area contributed by atoms with Crippen molar-refractivity contribution in [2.24, 2.45) is 5.92 Å². The lowest BCUT2D eigenvalue weighted by Gasteiger charge is -2.18. The second-order valence-electron chi connectivity index (χ2n) is 4.11. The van der Waals surface area contributed by atoms with Gasteiger partial charge in [-0.3, -0.25) is 0 Å². The van der Waals surface area contributed by atoms with Gasteiger partial charge < -0.3 is 5.32 Å². The summed E-state index contributed by atoms with van der Waals surface area (Å²) in [6.45, 7) is 3.46. The lowest BCUT2D eigenvalue weighted by atomic mass is 10.1. The van der Waals surface area contributed by atoms with Crippen molar-refractivity contribution < 1.29 is 0 Å². The van der Waals surface area contributed by atoms with E-state index in [1.807, 2.05) is 11.3 Å². The van der Waals surface area contributed by atoms with Crippen molar-refractivity contribution in [3.8, 4) is 0 Å². The summed E-state index contributed by atoms with van der Waals surface area (Å²) >= 11 is 3.97. The van der Waals surface area contributed by atoms with Gasteiger partial charge in [-0.2, -0.15) is 11.8 Å². The monoisotopic (exact) mass is 241 g/mol. The van der Waals surface area contributed by atoms with Gasteiger partial charge in [0, 0.05) is 10.9 Å². The van der Waals surface area contributed by atoms with Crippen LogP contribution in [0.5, 0.6) is 0 Å². The Labute approximate surface area is 101 Å². The van der Waals surface area contributed by atoms with E-state index in [4.69, 9.17) is 0 Å². The van der Waals surface area contributed by atoms with E-state index in [2.05, 4.69) is 41.5 Å². The molecule has 15 heavy (non-hydrogen) atoms. The van der Waals surface area contributed by atoms with Crippen molar-refractivity contribution in [1.82, 2.24) is 5.32 Å². The van der Waals surface area contributed by atoms with Gasteiger partial charge in [-0.05, 0) is 48.3 Å². The van der Waals surface area contributed by atoms with Crippen LogP contribution in [0.4, 0.5) is 0 Å². The summed E-state index contributed by atoms with van der Waals surface area (Å²) in [5.41, 5.74) is 0. The van der Waals surface area contributed by atoms with Gasteiger partial charge in [-0.1, -0.05) is 13.0 Å². The molecule has 3 heteroatoms. The molecule has 0 amide bonds. The minimum Gasteiger partial charge on any atom is -0.309 e. The molecule has 0 aromatic carbocycles. The number of rotatable bonds is 5. The number of thiophene rings is 1. The summed E-state index contributed by atoms with van der Waals surface area (Å²) in [6.07, 6.45) is 2.60. The van der Waals surface area contributed by atoms with Crippen LogP contribution in [0.15, 0.2) is 17.5 Å². The first-order chi connectivity index (χ1) is 7.40. The third-order valence-corrected chi connectivity index (χ3v) is 5.19. The fourth-order valence-electron chi connectivity index (χ4n) is 1.99. The van der Waals surface area contributed by atoms with Crippen LogP contribution in [0, 0.1) is 5.92 Å². The van der Waals surface area contributed by atoms with Crippen LogP contribution >= 0.6 is 23.1 Å². The molecule has 1 aromatic rings. The zero-order valence-electron chi connectivity index (χ0n) is 9.24. The molecule has 84 valence electrons. The Bertz CT molecular complexity index is 265. The van der Waals surface area contributed by atoms with E-state index in [-0.39, 0.29) is 0 Å². The topological polar surface area (TPSA) is 12.0 Å². The Hall–Kier alpha value is 0.01000. The minimum absolute atomic E-state index is 0.579. The molecule has 0 spiro atoms. The highest BCUT2D eigenvalue weighted by molar-refractivity contribution is 7.99. The van der Waals surface area contributed by atoms with E-state index in [9.17, 15) is 0 Å². The number of hydrogen-bond donors (Lipinski definition) is 1. The fourth-order valence-corrected chi connectivity index (χ4v) is 4.16. The molecular formula is C12H19NS2. The second kappa shape index (κ2) is 5.92. The van der Waals surface area contributed by atoms with E-state index in [1.165, 1.54) is 35.8 Å². The average Bonchev–Trinajstić information content (AvgIpc) is 2.90. The Kier molecular flexibility index (Phi) is 4.54. The van der Waals surface area contributed by atoms with Crippen LogP contribution in [-0.4, -0.2) is 18.1 Å². The smallest absolute Gasteiger partial charge is 0.0412 e. The molecule has 2 atom stereocenters. The molecule has 1 fully saturated rings. The van der Waals surface area contributed by atoms with Crippen molar-refractivity contribution in [3.63, 3.8) is 0 Å². The quantitative estimate of drug-likeness (QED) is 0.846. The SMILES string of the molecule is CCC(NCC1CCSC1)c1cccs1. The Balaban J connectivity index is 1.80. The molecule has 1 nitrogen and oxygen atoms in total. The molecule has 0 aliphatic carbocycles. The summed E-state index contributed by atoms with van der Waals surface area (Å²) in [4.78, 5) is 1.49. The largest absolute Gasteiger partial charge is 0.309 e. The van der Waals surface area contributed by atoms with Crippen molar-refractivity contribution in [2.75, 3.05) is 18.1 Å². The first-order valence-corrected chi connectivity index (χ1v) is 7.78. The number of hydrogen-bond acceptors (Lipinski definition) is 3. The third kappa shape index (κ3) is 3.23. The van der Waals surface area contributed by atoms with Crippen LogP contribution in [0.3, 0.4) is 0 Å². The Morgan fingerprint density at radius 3 is 3.13 bits per heavy atom. The van der Waals surface area contributed by atoms with E-state index < -0.39 is 0 Å². The lowest BCUT2D eigenvalue weighted by molar-refractivity contribution is 0.455. The van der Waals surface area contributed by atoms with Gasteiger partial charge in [-0.25, -0.2) is 0 Å². The van der Waals surface area contributed by atoms with Crippen LogP contribution < -0.4 is 5.32 Å². The first kappa shape index (κ1) is 11.5. The highest BCUT2D eigenvalue weighted by Gasteiger charge is 2.17. The average molecular weight is 241 g/mol. The van der Waals surface area contributed by atoms with Crippen molar-refractivity contribution >= 4 is 23.1 Å². The molecule has 1 saturated heterocycles. The van der Waals surface area contributed by atoms with Crippen LogP contribution in [-0.2, 0) is 0 Å². The summed E-state index contributed by atoms with van der Waals surface area (Å²) in [5, 5.41) is 5.88. The van der Waals surface area contributed by atoms with Crippen LogP contribution in [0.1, 0.15) is 30.7 Å². The molecule has 2 rings (SSSR count). The van der Waals surface area contributed by atoms with Crippen molar-refractivity contribution in [3.05, 3.63) is 22.4 Å². The predicted octanol–water partition coefficient (Wildman–Crippen LogP) is 3.54. The normalized spacial score (nSPS) is 23.1. The maximum absolute atomic E-state index is 3.71. The molecule has 1 aromatic heterocycles. The van der Waals surface area contributed by atoms with Gasteiger partial charge in [0.1, 0.15) is 0 Å². The predicted molar refractivity (Wildman–Crippen MR) is 70.8 cm³/mol. The fraction of sp³-hybridized carbons (Fsp3) is 0.667. The van der Waals surface area contributed by atoms with Gasteiger partial charge in [0.2, 0.25) is 0 Å². The van der Waals surface area contributed by atoms with Gasteiger partial charge in [0.25, 0.3) is 0 Å². The number of nitrogens with one attached hydrogen (secondary N) is 1. The van der Waals surface area contributed by atoms with E-state index in [0.717, 1.165) is 5.92 Å². The molecule has 1 aliphatic heterocycles. The third-order valence-electron chi connectivity index (χ3n) is 2.97. The Morgan fingerprint density at radius 1 is 1.60 bits per heavy atom. The Morgan fingerprint density at radius 2 is 2.53 bits per heavy atom. The molecule has 1 aliphatic rings.